The van der Waals surface area contributed by atoms with Crippen LogP contribution in [0.3, 0.4) is 0 Å². The summed E-state index contributed by atoms with van der Waals surface area (Å²) in [6.07, 6.45) is 0. The van der Waals surface area contributed by atoms with Crippen LogP contribution in [0, 0.1) is 0 Å². The third kappa shape index (κ3) is 3.69. The van der Waals surface area contributed by atoms with Gasteiger partial charge in [-0.05, 0) is 55.3 Å². The van der Waals surface area contributed by atoms with Crippen molar-refractivity contribution in [2.45, 2.75) is 11.2 Å². The molecule has 0 saturated carbocycles. The predicted molar refractivity (Wildman–Crippen MR) is 178 cm³/mol. The number of aliphatic hydroxyl groups is 2. The fourth-order valence-corrected chi connectivity index (χ4v) is 7.31. The molecule has 0 aliphatic heterocycles. The van der Waals surface area contributed by atoms with Gasteiger partial charge in [0.1, 0.15) is 11.2 Å². The Labute approximate surface area is 257 Å². The smallest absolute Gasteiger partial charge is 0.142 e. The summed E-state index contributed by atoms with van der Waals surface area (Å²) in [5, 5.41) is 29.2. The van der Waals surface area contributed by atoms with Crippen LogP contribution in [0.4, 0.5) is 0 Å². The fourth-order valence-electron chi connectivity index (χ4n) is 7.31. The maximum Gasteiger partial charge on any atom is 0.142 e. The third-order valence-electron chi connectivity index (χ3n) is 9.15. The highest BCUT2D eigenvalue weighted by Gasteiger charge is 2.53. The van der Waals surface area contributed by atoms with Crippen LogP contribution in [0.15, 0.2) is 170 Å². The molecule has 2 nitrogen and oxygen atoms in total. The quantitative estimate of drug-likeness (QED) is 0.223. The summed E-state index contributed by atoms with van der Waals surface area (Å²) < 4.78 is 0. The Morgan fingerprint density at radius 3 is 0.977 bits per heavy atom. The van der Waals surface area contributed by atoms with Gasteiger partial charge in [0.05, 0.1) is 0 Å². The first-order chi connectivity index (χ1) is 21.6. The zero-order chi connectivity index (χ0) is 29.7. The van der Waals surface area contributed by atoms with Crippen molar-refractivity contribution in [2.24, 2.45) is 0 Å². The van der Waals surface area contributed by atoms with E-state index in [0.29, 0.717) is 22.3 Å². The largest absolute Gasteiger partial charge is 0.376 e. The van der Waals surface area contributed by atoms with Gasteiger partial charge < -0.3 is 10.2 Å². The third-order valence-corrected chi connectivity index (χ3v) is 9.15. The first-order valence-corrected chi connectivity index (χ1v) is 15.0. The van der Waals surface area contributed by atoms with Crippen LogP contribution in [0.2, 0.25) is 0 Å². The normalized spacial score (nSPS) is 18.9. The summed E-state index contributed by atoms with van der Waals surface area (Å²) in [5.41, 5.74) is 4.82. The average Bonchev–Trinajstić information content (AvgIpc) is 3.11. The van der Waals surface area contributed by atoms with E-state index >= 15 is 0 Å². The zero-order valence-electron chi connectivity index (χ0n) is 24.1. The summed E-state index contributed by atoms with van der Waals surface area (Å²) >= 11 is 0. The summed E-state index contributed by atoms with van der Waals surface area (Å²) in [7, 11) is 0. The minimum absolute atomic E-state index is 0.663. The second-order valence-electron chi connectivity index (χ2n) is 11.5. The second kappa shape index (κ2) is 10.2. The first kappa shape index (κ1) is 26.4. The molecule has 0 amide bonds. The van der Waals surface area contributed by atoms with Crippen LogP contribution >= 0.6 is 0 Å². The maximum atomic E-state index is 13.6. The number of benzene rings is 7. The number of fused-ring (bicyclic) bond motifs is 3. The van der Waals surface area contributed by atoms with Gasteiger partial charge in [-0.1, -0.05) is 170 Å². The van der Waals surface area contributed by atoms with Crippen molar-refractivity contribution in [3.05, 3.63) is 203 Å². The van der Waals surface area contributed by atoms with Crippen LogP contribution in [-0.4, -0.2) is 10.2 Å². The predicted octanol–water partition coefficient (Wildman–Crippen LogP) is 9.06. The zero-order valence-corrected chi connectivity index (χ0v) is 24.1. The van der Waals surface area contributed by atoms with Crippen molar-refractivity contribution in [3.63, 3.8) is 0 Å². The van der Waals surface area contributed by atoms with Crippen LogP contribution in [0.5, 0.6) is 0 Å². The van der Waals surface area contributed by atoms with Crippen molar-refractivity contribution in [3.8, 4) is 22.3 Å². The molecule has 0 heterocycles. The van der Waals surface area contributed by atoms with E-state index in [-0.39, 0.29) is 0 Å². The van der Waals surface area contributed by atoms with Crippen molar-refractivity contribution >= 4 is 10.8 Å². The topological polar surface area (TPSA) is 40.5 Å². The Hall–Kier alpha value is -5.28. The lowest BCUT2D eigenvalue weighted by molar-refractivity contribution is 0.0759. The molecule has 2 heteroatoms. The molecule has 2 N–H and O–H groups in total. The van der Waals surface area contributed by atoms with E-state index in [4.69, 9.17) is 0 Å². The standard InChI is InChI=1S/C42H30O2/c43-41(31-21-9-3-10-22-31)35-27-15-16-28-36(35)42(44,32-23-11-4-12-24-32)40-38(30-19-7-2-8-20-30)34-26-14-13-25-33(34)37(39(40)41)29-17-5-1-6-18-29/h1-28,43-44H. The molecule has 2 unspecified atom stereocenters. The lowest BCUT2D eigenvalue weighted by Crippen LogP contribution is -2.45. The van der Waals surface area contributed by atoms with Crippen LogP contribution < -0.4 is 0 Å². The Bertz CT molecular complexity index is 1970. The second-order valence-corrected chi connectivity index (χ2v) is 11.5. The molecule has 0 spiro atoms. The molecule has 8 rings (SSSR count). The molecule has 210 valence electrons. The molecular weight excluding hydrogens is 536 g/mol. The van der Waals surface area contributed by atoms with E-state index in [0.717, 1.165) is 44.2 Å². The van der Waals surface area contributed by atoms with E-state index < -0.39 is 11.2 Å². The van der Waals surface area contributed by atoms with Gasteiger partial charge in [0.2, 0.25) is 0 Å². The van der Waals surface area contributed by atoms with Gasteiger partial charge in [-0.3, -0.25) is 0 Å². The number of rotatable bonds is 4. The van der Waals surface area contributed by atoms with Crippen LogP contribution in [0.25, 0.3) is 33.0 Å². The van der Waals surface area contributed by atoms with E-state index in [1.54, 1.807) is 0 Å². The Kier molecular flexibility index (Phi) is 6.09. The summed E-state index contributed by atoms with van der Waals surface area (Å²) in [5.74, 6) is 0. The van der Waals surface area contributed by atoms with Gasteiger partial charge in [0.15, 0.2) is 0 Å². The van der Waals surface area contributed by atoms with E-state index in [9.17, 15) is 10.2 Å². The Balaban J connectivity index is 1.71. The lowest BCUT2D eigenvalue weighted by atomic mass is 9.59. The SMILES string of the molecule is OC1(c2ccccc2)c2ccccc2C(O)(c2ccccc2)c2c1c(-c1ccccc1)c1ccccc1c2-c1ccccc1. The van der Waals surface area contributed by atoms with E-state index in [1.165, 1.54) is 0 Å². The van der Waals surface area contributed by atoms with Crippen LogP contribution in [0.1, 0.15) is 33.4 Å². The Morgan fingerprint density at radius 2 is 0.614 bits per heavy atom. The molecule has 0 saturated heterocycles. The van der Waals surface area contributed by atoms with Crippen molar-refractivity contribution in [2.75, 3.05) is 0 Å². The minimum atomic E-state index is -1.58. The monoisotopic (exact) mass is 566 g/mol. The van der Waals surface area contributed by atoms with Gasteiger partial charge in [0.25, 0.3) is 0 Å². The molecule has 2 atom stereocenters. The molecule has 0 radical (unpaired) electrons. The molecule has 44 heavy (non-hydrogen) atoms. The Morgan fingerprint density at radius 1 is 0.318 bits per heavy atom. The van der Waals surface area contributed by atoms with Gasteiger partial charge in [-0.2, -0.15) is 0 Å². The van der Waals surface area contributed by atoms with Crippen molar-refractivity contribution in [1.82, 2.24) is 0 Å². The van der Waals surface area contributed by atoms with E-state index in [1.807, 2.05) is 121 Å². The highest BCUT2D eigenvalue weighted by atomic mass is 16.3. The van der Waals surface area contributed by atoms with Gasteiger partial charge in [-0.25, -0.2) is 0 Å². The highest BCUT2D eigenvalue weighted by Crippen LogP contribution is 2.59. The maximum absolute atomic E-state index is 13.6. The molecule has 1 aliphatic rings. The molecule has 0 bridgehead atoms. The minimum Gasteiger partial charge on any atom is -0.376 e. The summed E-state index contributed by atoms with van der Waals surface area (Å²) in [6, 6.07) is 56.5. The lowest BCUT2D eigenvalue weighted by Gasteiger charge is -2.47. The van der Waals surface area contributed by atoms with E-state index in [2.05, 4.69) is 48.5 Å². The molecule has 0 fully saturated rings. The average molecular weight is 567 g/mol. The van der Waals surface area contributed by atoms with Crippen molar-refractivity contribution in [1.29, 1.82) is 0 Å². The highest BCUT2D eigenvalue weighted by molar-refractivity contribution is 6.09. The summed E-state index contributed by atoms with van der Waals surface area (Å²) in [6.45, 7) is 0. The van der Waals surface area contributed by atoms with Gasteiger partial charge >= 0.3 is 0 Å². The molecule has 1 aliphatic carbocycles. The molecule has 7 aromatic carbocycles. The van der Waals surface area contributed by atoms with Crippen molar-refractivity contribution < 1.29 is 10.2 Å². The number of hydrogen-bond acceptors (Lipinski definition) is 2. The fraction of sp³-hybridized carbons (Fsp3) is 0.0476. The first-order valence-electron chi connectivity index (χ1n) is 15.0. The van der Waals surface area contributed by atoms with Crippen LogP contribution in [-0.2, 0) is 11.2 Å². The molecular formula is C42H30O2. The molecule has 7 aromatic rings. The molecule has 0 aromatic heterocycles. The van der Waals surface area contributed by atoms with Gasteiger partial charge in [0, 0.05) is 11.1 Å². The van der Waals surface area contributed by atoms with Gasteiger partial charge in [-0.15, -0.1) is 0 Å². The summed E-state index contributed by atoms with van der Waals surface area (Å²) in [4.78, 5) is 0. The number of hydrogen-bond donors (Lipinski definition) is 2.